The predicted molar refractivity (Wildman–Crippen MR) is 80.7 cm³/mol. The molecular weight excluding hydrogens is 252 g/mol. The summed E-state index contributed by atoms with van der Waals surface area (Å²) in [5, 5.41) is 3.24. The lowest BCUT2D eigenvalue weighted by molar-refractivity contribution is -0.148. The van der Waals surface area contributed by atoms with E-state index in [0.29, 0.717) is 6.04 Å². The van der Waals surface area contributed by atoms with Crippen molar-refractivity contribution in [3.05, 3.63) is 0 Å². The molecule has 0 spiro atoms. The van der Waals surface area contributed by atoms with Crippen LogP contribution in [0.15, 0.2) is 0 Å². The van der Waals surface area contributed by atoms with Gasteiger partial charge in [-0.05, 0) is 52.1 Å². The van der Waals surface area contributed by atoms with Gasteiger partial charge in [-0.25, -0.2) is 0 Å². The number of hydrogen-bond donors (Lipinski definition) is 1. The Labute approximate surface area is 123 Å². The van der Waals surface area contributed by atoms with Gasteiger partial charge in [0.05, 0.1) is 7.11 Å². The molecule has 1 N–H and O–H groups in total. The van der Waals surface area contributed by atoms with Crippen molar-refractivity contribution in [2.75, 3.05) is 20.7 Å². The summed E-state index contributed by atoms with van der Waals surface area (Å²) < 4.78 is 5.02. The normalized spacial score (nSPS) is 35.1. The number of nitrogens with one attached hydrogen (secondary N) is 1. The van der Waals surface area contributed by atoms with E-state index < -0.39 is 5.54 Å². The molecule has 1 aliphatic carbocycles. The highest BCUT2D eigenvalue weighted by Crippen LogP contribution is 2.37. The molecule has 0 aromatic rings. The van der Waals surface area contributed by atoms with Gasteiger partial charge < -0.3 is 10.1 Å². The number of likely N-dealkylation sites (tertiary alicyclic amines) is 1. The third kappa shape index (κ3) is 3.01. The lowest BCUT2D eigenvalue weighted by atomic mass is 9.94. The highest BCUT2D eigenvalue weighted by Gasteiger charge is 2.47. The van der Waals surface area contributed by atoms with E-state index in [1.807, 2.05) is 7.05 Å². The Balaban J connectivity index is 2.04. The zero-order chi connectivity index (χ0) is 14.6. The first-order valence-electron chi connectivity index (χ1n) is 8.20. The maximum atomic E-state index is 12.1. The van der Waals surface area contributed by atoms with Gasteiger partial charge in [-0.1, -0.05) is 19.8 Å². The van der Waals surface area contributed by atoms with Crippen LogP contribution in [0.25, 0.3) is 0 Å². The van der Waals surface area contributed by atoms with Crippen LogP contribution < -0.4 is 5.32 Å². The van der Waals surface area contributed by atoms with Gasteiger partial charge in [0.25, 0.3) is 0 Å². The molecule has 20 heavy (non-hydrogen) atoms. The number of carbonyl (C=O) groups is 1. The van der Waals surface area contributed by atoms with Gasteiger partial charge >= 0.3 is 5.97 Å². The molecule has 0 bridgehead atoms. The van der Waals surface area contributed by atoms with Gasteiger partial charge in [0, 0.05) is 12.1 Å². The second kappa shape index (κ2) is 6.90. The first-order valence-corrected chi connectivity index (χ1v) is 8.20. The van der Waals surface area contributed by atoms with Gasteiger partial charge in [0.2, 0.25) is 0 Å². The molecule has 1 saturated heterocycles. The van der Waals surface area contributed by atoms with Crippen LogP contribution in [0.3, 0.4) is 0 Å². The largest absolute Gasteiger partial charge is 0.468 e. The van der Waals surface area contributed by atoms with E-state index in [0.717, 1.165) is 25.3 Å². The zero-order valence-electron chi connectivity index (χ0n) is 13.3. The fraction of sp³-hybridized carbons (Fsp3) is 0.938. The SMILES string of the molecule is CCCC1CCCCN1C1CCC(NC)(C(=O)OC)C1. The van der Waals surface area contributed by atoms with Crippen molar-refractivity contribution in [3.63, 3.8) is 0 Å². The number of methoxy groups -OCH3 is 1. The molecule has 0 aromatic heterocycles. The summed E-state index contributed by atoms with van der Waals surface area (Å²) in [5.41, 5.74) is -0.451. The van der Waals surface area contributed by atoms with Gasteiger partial charge in [0.1, 0.15) is 5.54 Å². The number of ether oxygens (including phenoxy) is 1. The van der Waals surface area contributed by atoms with Crippen molar-refractivity contribution in [3.8, 4) is 0 Å². The molecule has 0 radical (unpaired) electrons. The quantitative estimate of drug-likeness (QED) is 0.786. The summed E-state index contributed by atoms with van der Waals surface area (Å²) in [6, 6.07) is 1.27. The van der Waals surface area contributed by atoms with Crippen molar-refractivity contribution in [2.24, 2.45) is 0 Å². The molecule has 116 valence electrons. The Morgan fingerprint density at radius 3 is 2.85 bits per heavy atom. The van der Waals surface area contributed by atoms with Crippen LogP contribution in [-0.2, 0) is 9.53 Å². The summed E-state index contributed by atoms with van der Waals surface area (Å²) in [4.78, 5) is 14.8. The number of likely N-dealkylation sites (N-methyl/N-ethyl adjacent to an activating group) is 1. The van der Waals surface area contributed by atoms with Gasteiger partial charge in [-0.2, -0.15) is 0 Å². The molecule has 1 saturated carbocycles. The van der Waals surface area contributed by atoms with Crippen molar-refractivity contribution < 1.29 is 9.53 Å². The summed E-state index contributed by atoms with van der Waals surface area (Å²) in [6.45, 7) is 3.48. The second-order valence-electron chi connectivity index (χ2n) is 6.40. The molecule has 0 amide bonds. The highest BCUT2D eigenvalue weighted by atomic mass is 16.5. The Hall–Kier alpha value is -0.610. The van der Waals surface area contributed by atoms with E-state index in [9.17, 15) is 4.79 Å². The van der Waals surface area contributed by atoms with Crippen LogP contribution >= 0.6 is 0 Å². The first kappa shape index (κ1) is 15.8. The zero-order valence-corrected chi connectivity index (χ0v) is 13.3. The molecule has 4 nitrogen and oxygen atoms in total. The van der Waals surface area contributed by atoms with Gasteiger partial charge in [0.15, 0.2) is 0 Å². The number of nitrogens with zero attached hydrogens (tertiary/aromatic N) is 1. The van der Waals surface area contributed by atoms with Crippen LogP contribution in [0.4, 0.5) is 0 Å². The fourth-order valence-corrected chi connectivity index (χ4v) is 4.16. The van der Waals surface area contributed by atoms with Gasteiger partial charge in [-0.15, -0.1) is 0 Å². The highest BCUT2D eigenvalue weighted by molar-refractivity contribution is 5.81. The van der Waals surface area contributed by atoms with Crippen LogP contribution in [0.2, 0.25) is 0 Å². The van der Waals surface area contributed by atoms with Crippen LogP contribution in [0.1, 0.15) is 58.3 Å². The molecule has 1 heterocycles. The molecule has 2 fully saturated rings. The third-order valence-electron chi connectivity index (χ3n) is 5.31. The number of esters is 1. The van der Waals surface area contributed by atoms with E-state index in [4.69, 9.17) is 4.74 Å². The Morgan fingerprint density at radius 2 is 2.20 bits per heavy atom. The fourth-order valence-electron chi connectivity index (χ4n) is 4.16. The molecule has 2 aliphatic rings. The smallest absolute Gasteiger partial charge is 0.326 e. The lowest BCUT2D eigenvalue weighted by Gasteiger charge is -2.40. The molecular formula is C16H30N2O2. The maximum absolute atomic E-state index is 12.1. The van der Waals surface area contributed by atoms with E-state index >= 15 is 0 Å². The second-order valence-corrected chi connectivity index (χ2v) is 6.40. The predicted octanol–water partition coefficient (Wildman–Crippen LogP) is 2.32. The Morgan fingerprint density at radius 1 is 1.40 bits per heavy atom. The average molecular weight is 282 g/mol. The number of carbonyl (C=O) groups excluding carboxylic acids is 1. The minimum Gasteiger partial charge on any atom is -0.468 e. The van der Waals surface area contributed by atoms with Crippen molar-refractivity contribution in [2.45, 2.75) is 75.9 Å². The van der Waals surface area contributed by atoms with E-state index in [2.05, 4.69) is 17.1 Å². The summed E-state index contributed by atoms with van der Waals surface area (Å²) >= 11 is 0. The lowest BCUT2D eigenvalue weighted by Crippen LogP contribution is -2.52. The molecule has 0 aromatic carbocycles. The van der Waals surface area contributed by atoms with Crippen molar-refractivity contribution in [1.29, 1.82) is 0 Å². The molecule has 4 heteroatoms. The number of hydrogen-bond acceptors (Lipinski definition) is 4. The van der Waals surface area contributed by atoms with Crippen molar-refractivity contribution >= 4 is 5.97 Å². The minimum atomic E-state index is -0.451. The van der Waals surface area contributed by atoms with Crippen LogP contribution in [0, 0.1) is 0 Å². The number of rotatable bonds is 5. The summed E-state index contributed by atoms with van der Waals surface area (Å²) in [5.74, 6) is -0.0912. The van der Waals surface area contributed by atoms with Crippen molar-refractivity contribution in [1.82, 2.24) is 10.2 Å². The topological polar surface area (TPSA) is 41.6 Å². The number of piperidine rings is 1. The van der Waals surface area contributed by atoms with E-state index in [1.165, 1.54) is 45.8 Å². The molecule has 1 aliphatic heterocycles. The third-order valence-corrected chi connectivity index (χ3v) is 5.31. The van der Waals surface area contributed by atoms with E-state index in [1.54, 1.807) is 0 Å². The standard InChI is InChI=1S/C16H30N2O2/c1-4-7-13-8-5-6-11-18(13)14-9-10-16(12-14,17-2)15(19)20-3/h13-14,17H,4-12H2,1-3H3. The van der Waals surface area contributed by atoms with Crippen LogP contribution in [-0.4, -0.2) is 49.2 Å². The molecule has 3 unspecified atom stereocenters. The maximum Gasteiger partial charge on any atom is 0.326 e. The molecule has 3 atom stereocenters. The van der Waals surface area contributed by atoms with Crippen LogP contribution in [0.5, 0.6) is 0 Å². The summed E-state index contributed by atoms with van der Waals surface area (Å²) in [7, 11) is 3.38. The first-order chi connectivity index (χ1) is 9.66. The minimum absolute atomic E-state index is 0.0912. The monoisotopic (exact) mass is 282 g/mol. The van der Waals surface area contributed by atoms with E-state index in [-0.39, 0.29) is 5.97 Å². The Kier molecular flexibility index (Phi) is 5.44. The summed E-state index contributed by atoms with van der Waals surface area (Å²) in [6.07, 6.45) is 9.45. The average Bonchev–Trinajstić information content (AvgIpc) is 2.93. The van der Waals surface area contributed by atoms with Gasteiger partial charge in [-0.3, -0.25) is 9.69 Å². The Bertz CT molecular complexity index is 332. The molecule has 2 rings (SSSR count).